The second-order valence-electron chi connectivity index (χ2n) is 2.60. The Bertz CT molecular complexity index is 375. The Kier molecular flexibility index (Phi) is 2.29. The molecule has 0 saturated heterocycles. The van der Waals surface area contributed by atoms with Gasteiger partial charge in [0.1, 0.15) is 0 Å². The third kappa shape index (κ3) is 1.45. The van der Waals surface area contributed by atoms with Crippen LogP contribution in [-0.2, 0) is 0 Å². The van der Waals surface area contributed by atoms with Crippen molar-refractivity contribution in [1.82, 2.24) is 0 Å². The van der Waals surface area contributed by atoms with Crippen LogP contribution in [0.25, 0.3) is 0 Å². The maximum Gasteiger partial charge on any atom is 0.337 e. The fourth-order valence-electron chi connectivity index (χ4n) is 1.01. The van der Waals surface area contributed by atoms with Crippen molar-refractivity contribution in [2.45, 2.75) is 0 Å². The summed E-state index contributed by atoms with van der Waals surface area (Å²) in [4.78, 5) is 21.1. The van der Waals surface area contributed by atoms with E-state index in [1.54, 1.807) is 0 Å². The SMILES string of the molecule is Nc1c(C(=O)O)ccc(C(=O)O)c1N. The average Bonchev–Trinajstić information content (AvgIpc) is 2.08. The summed E-state index contributed by atoms with van der Waals surface area (Å²) in [7, 11) is 0. The van der Waals surface area contributed by atoms with Gasteiger partial charge in [-0.15, -0.1) is 0 Å². The molecule has 0 fully saturated rings. The molecule has 6 nitrogen and oxygen atoms in total. The number of carboxylic acids is 2. The topological polar surface area (TPSA) is 127 Å². The monoisotopic (exact) mass is 196 g/mol. The Morgan fingerprint density at radius 3 is 1.43 bits per heavy atom. The maximum absolute atomic E-state index is 10.6. The van der Waals surface area contributed by atoms with Crippen molar-refractivity contribution in [2.24, 2.45) is 0 Å². The van der Waals surface area contributed by atoms with Crippen LogP contribution in [0, 0.1) is 0 Å². The molecule has 0 unspecified atom stereocenters. The molecule has 6 heteroatoms. The zero-order chi connectivity index (χ0) is 10.9. The van der Waals surface area contributed by atoms with Gasteiger partial charge in [0.05, 0.1) is 22.5 Å². The number of aromatic carboxylic acids is 2. The van der Waals surface area contributed by atoms with Gasteiger partial charge in [0, 0.05) is 0 Å². The highest BCUT2D eigenvalue weighted by Gasteiger charge is 2.16. The highest BCUT2D eigenvalue weighted by atomic mass is 16.4. The largest absolute Gasteiger partial charge is 0.478 e. The Balaban J connectivity index is 3.41. The van der Waals surface area contributed by atoms with Crippen LogP contribution in [-0.4, -0.2) is 22.2 Å². The van der Waals surface area contributed by atoms with E-state index >= 15 is 0 Å². The predicted octanol–water partition coefficient (Wildman–Crippen LogP) is 0.247. The number of hydrogen-bond acceptors (Lipinski definition) is 4. The van der Waals surface area contributed by atoms with Crippen LogP contribution in [0.1, 0.15) is 20.7 Å². The summed E-state index contributed by atoms with van der Waals surface area (Å²) in [6, 6.07) is 2.22. The van der Waals surface area contributed by atoms with Gasteiger partial charge in [-0.25, -0.2) is 9.59 Å². The molecule has 0 atom stereocenters. The Morgan fingerprint density at radius 1 is 0.929 bits per heavy atom. The highest BCUT2D eigenvalue weighted by Crippen LogP contribution is 2.24. The molecule has 0 amide bonds. The van der Waals surface area contributed by atoms with Crippen molar-refractivity contribution in [2.75, 3.05) is 11.5 Å². The van der Waals surface area contributed by atoms with Gasteiger partial charge in [-0.05, 0) is 12.1 Å². The third-order valence-electron chi connectivity index (χ3n) is 1.75. The van der Waals surface area contributed by atoms with Crippen LogP contribution in [0.2, 0.25) is 0 Å². The van der Waals surface area contributed by atoms with Gasteiger partial charge in [0.2, 0.25) is 0 Å². The van der Waals surface area contributed by atoms with E-state index in [1.165, 1.54) is 0 Å². The first-order chi connectivity index (χ1) is 6.45. The van der Waals surface area contributed by atoms with Gasteiger partial charge in [-0.1, -0.05) is 0 Å². The van der Waals surface area contributed by atoms with E-state index in [0.717, 1.165) is 12.1 Å². The van der Waals surface area contributed by atoms with Crippen molar-refractivity contribution in [3.8, 4) is 0 Å². The molecular formula is C8H8N2O4. The fraction of sp³-hybridized carbons (Fsp3) is 0. The van der Waals surface area contributed by atoms with E-state index in [1.807, 2.05) is 0 Å². The third-order valence-corrected chi connectivity index (χ3v) is 1.75. The zero-order valence-electron chi connectivity index (χ0n) is 7.02. The molecule has 0 aromatic heterocycles. The van der Waals surface area contributed by atoms with E-state index in [9.17, 15) is 9.59 Å². The van der Waals surface area contributed by atoms with Gasteiger partial charge in [-0.3, -0.25) is 0 Å². The van der Waals surface area contributed by atoms with Gasteiger partial charge < -0.3 is 21.7 Å². The second kappa shape index (κ2) is 3.25. The number of nitrogens with two attached hydrogens (primary N) is 2. The molecular weight excluding hydrogens is 188 g/mol. The quantitative estimate of drug-likeness (QED) is 0.502. The lowest BCUT2D eigenvalue weighted by Crippen LogP contribution is -2.10. The van der Waals surface area contributed by atoms with Crippen LogP contribution in [0.4, 0.5) is 11.4 Å². The molecule has 74 valence electrons. The minimum atomic E-state index is -1.24. The molecule has 1 rings (SSSR count). The van der Waals surface area contributed by atoms with Gasteiger partial charge in [0.15, 0.2) is 0 Å². The standard InChI is InChI=1S/C8H8N2O4/c9-5-3(7(11)12)1-2-4(6(5)10)8(13)14/h1-2H,9-10H2,(H,11,12)(H,13,14). The van der Waals surface area contributed by atoms with E-state index in [-0.39, 0.29) is 22.5 Å². The predicted molar refractivity (Wildman–Crippen MR) is 49.2 cm³/mol. The second-order valence-corrected chi connectivity index (χ2v) is 2.60. The molecule has 0 aliphatic rings. The number of carboxylic acid groups (broad SMARTS) is 2. The Hall–Kier alpha value is -2.24. The molecule has 0 bridgehead atoms. The van der Waals surface area contributed by atoms with Crippen molar-refractivity contribution < 1.29 is 19.8 Å². The molecule has 0 radical (unpaired) electrons. The van der Waals surface area contributed by atoms with Crippen molar-refractivity contribution >= 4 is 23.3 Å². The van der Waals surface area contributed by atoms with Gasteiger partial charge in [0.25, 0.3) is 0 Å². The number of hydrogen-bond donors (Lipinski definition) is 4. The summed E-state index contributed by atoms with van der Waals surface area (Å²) in [5.41, 5.74) is 9.85. The molecule has 1 aromatic carbocycles. The lowest BCUT2D eigenvalue weighted by molar-refractivity contribution is 0.0683. The summed E-state index contributed by atoms with van der Waals surface area (Å²) >= 11 is 0. The van der Waals surface area contributed by atoms with E-state index < -0.39 is 11.9 Å². The van der Waals surface area contributed by atoms with Crippen molar-refractivity contribution in [1.29, 1.82) is 0 Å². The van der Waals surface area contributed by atoms with Gasteiger partial charge in [-0.2, -0.15) is 0 Å². The summed E-state index contributed by atoms with van der Waals surface area (Å²) in [6.07, 6.45) is 0. The zero-order valence-corrected chi connectivity index (χ0v) is 7.02. The first kappa shape index (κ1) is 9.85. The first-order valence-corrected chi connectivity index (χ1v) is 3.59. The van der Waals surface area contributed by atoms with Crippen LogP contribution < -0.4 is 11.5 Å². The van der Waals surface area contributed by atoms with Crippen molar-refractivity contribution in [3.63, 3.8) is 0 Å². The first-order valence-electron chi connectivity index (χ1n) is 3.59. The smallest absolute Gasteiger partial charge is 0.337 e. The molecule has 0 aliphatic heterocycles. The highest BCUT2D eigenvalue weighted by molar-refractivity contribution is 6.03. The van der Waals surface area contributed by atoms with E-state index in [2.05, 4.69) is 0 Å². The van der Waals surface area contributed by atoms with Crippen LogP contribution in [0.3, 0.4) is 0 Å². The Labute approximate surface area is 78.8 Å². The van der Waals surface area contributed by atoms with Crippen LogP contribution in [0.15, 0.2) is 12.1 Å². The maximum atomic E-state index is 10.6. The van der Waals surface area contributed by atoms with E-state index in [4.69, 9.17) is 21.7 Å². The van der Waals surface area contributed by atoms with Crippen LogP contribution in [0.5, 0.6) is 0 Å². The normalized spacial score (nSPS) is 9.71. The minimum absolute atomic E-state index is 0.201. The minimum Gasteiger partial charge on any atom is -0.478 e. The van der Waals surface area contributed by atoms with E-state index in [0.29, 0.717) is 0 Å². The molecule has 0 saturated carbocycles. The summed E-state index contributed by atoms with van der Waals surface area (Å²) in [5, 5.41) is 17.3. The molecule has 1 aromatic rings. The summed E-state index contributed by atoms with van der Waals surface area (Å²) in [5.74, 6) is -2.49. The van der Waals surface area contributed by atoms with Crippen molar-refractivity contribution in [3.05, 3.63) is 23.3 Å². The summed E-state index contributed by atoms with van der Waals surface area (Å²) in [6.45, 7) is 0. The number of rotatable bonds is 2. The molecule has 0 aliphatic carbocycles. The fourth-order valence-corrected chi connectivity index (χ4v) is 1.01. The molecule has 6 N–H and O–H groups in total. The van der Waals surface area contributed by atoms with Crippen LogP contribution >= 0.6 is 0 Å². The number of anilines is 2. The average molecular weight is 196 g/mol. The number of carbonyl (C=O) groups is 2. The number of benzene rings is 1. The summed E-state index contributed by atoms with van der Waals surface area (Å²) < 4.78 is 0. The lowest BCUT2D eigenvalue weighted by atomic mass is 10.1. The number of nitrogen functional groups attached to an aromatic ring is 2. The molecule has 0 spiro atoms. The Morgan fingerprint density at radius 2 is 1.21 bits per heavy atom. The molecule has 14 heavy (non-hydrogen) atoms. The van der Waals surface area contributed by atoms with Gasteiger partial charge >= 0.3 is 11.9 Å². The lowest BCUT2D eigenvalue weighted by Gasteiger charge is -2.06. The molecule has 0 heterocycles.